The van der Waals surface area contributed by atoms with Crippen LogP contribution in [0, 0.1) is 17.0 Å². The van der Waals surface area contributed by atoms with Gasteiger partial charge in [-0.2, -0.15) is 0 Å². The van der Waals surface area contributed by atoms with Gasteiger partial charge in [-0.25, -0.2) is 0 Å². The van der Waals surface area contributed by atoms with Gasteiger partial charge in [-0.3, -0.25) is 14.9 Å². The van der Waals surface area contributed by atoms with Gasteiger partial charge in [0.1, 0.15) is 0 Å². The molecule has 0 bridgehead atoms. The minimum atomic E-state index is -0.505. The number of carbonyl (C=O) groups is 1. The smallest absolute Gasteiger partial charge is 0.269 e. The third kappa shape index (κ3) is 3.66. The lowest BCUT2D eigenvalue weighted by molar-refractivity contribution is -0.384. The number of benzene rings is 2. The van der Waals surface area contributed by atoms with Crippen LogP contribution in [0.25, 0.3) is 0 Å². The molecule has 130 valence electrons. The average molecular weight is 363 g/mol. The summed E-state index contributed by atoms with van der Waals surface area (Å²) in [6.45, 7) is 2.69. The molecule has 1 N–H and O–H groups in total. The highest BCUT2D eigenvalue weighted by Crippen LogP contribution is 2.37. The van der Waals surface area contributed by atoms with E-state index in [-0.39, 0.29) is 5.69 Å². The van der Waals surface area contributed by atoms with Crippen LogP contribution >= 0.6 is 11.6 Å². The van der Waals surface area contributed by atoms with E-state index in [0.717, 1.165) is 6.42 Å². The van der Waals surface area contributed by atoms with Crippen molar-refractivity contribution in [3.63, 3.8) is 0 Å². The number of anilines is 1. The second-order valence-corrected chi connectivity index (χ2v) is 5.95. The largest absolute Gasteiger partial charge is 0.490 e. The second-order valence-electron chi connectivity index (χ2n) is 5.54. The predicted molar refractivity (Wildman–Crippen MR) is 92.8 cm³/mol. The SMILES string of the molecule is Cc1cc([N+](=O)[O-])ccc1C(=O)Nc1cc2c(cc1Cl)OCCCO2. The van der Waals surface area contributed by atoms with E-state index in [1.807, 2.05) is 0 Å². The van der Waals surface area contributed by atoms with Crippen LogP contribution < -0.4 is 14.8 Å². The minimum absolute atomic E-state index is 0.0670. The Labute approximate surface area is 148 Å². The van der Waals surface area contributed by atoms with Crippen LogP contribution in [0.3, 0.4) is 0 Å². The number of halogens is 1. The summed E-state index contributed by atoms with van der Waals surface area (Å²) in [5.74, 6) is 0.633. The zero-order valence-corrected chi connectivity index (χ0v) is 14.1. The number of fused-ring (bicyclic) bond motifs is 1. The lowest BCUT2D eigenvalue weighted by Crippen LogP contribution is -2.14. The van der Waals surface area contributed by atoms with Crippen LogP contribution in [0.5, 0.6) is 11.5 Å². The van der Waals surface area contributed by atoms with Gasteiger partial charge in [0.25, 0.3) is 11.6 Å². The van der Waals surface area contributed by atoms with Gasteiger partial charge >= 0.3 is 0 Å². The quantitative estimate of drug-likeness (QED) is 0.659. The fraction of sp³-hybridized carbons (Fsp3) is 0.235. The summed E-state index contributed by atoms with van der Waals surface area (Å²) >= 11 is 6.21. The van der Waals surface area contributed by atoms with Crippen molar-refractivity contribution in [2.45, 2.75) is 13.3 Å². The van der Waals surface area contributed by atoms with Gasteiger partial charge in [-0.05, 0) is 18.6 Å². The summed E-state index contributed by atoms with van der Waals surface area (Å²) in [5.41, 5.74) is 1.14. The Balaban J connectivity index is 1.86. The highest BCUT2D eigenvalue weighted by Gasteiger charge is 2.18. The highest BCUT2D eigenvalue weighted by molar-refractivity contribution is 6.34. The maximum absolute atomic E-state index is 12.5. The van der Waals surface area contributed by atoms with Crippen LogP contribution in [-0.4, -0.2) is 24.0 Å². The van der Waals surface area contributed by atoms with Crippen molar-refractivity contribution < 1.29 is 19.2 Å². The number of nitro groups is 1. The van der Waals surface area contributed by atoms with Crippen molar-refractivity contribution in [3.05, 3.63) is 56.6 Å². The van der Waals surface area contributed by atoms with Crippen LogP contribution in [0.4, 0.5) is 11.4 Å². The van der Waals surface area contributed by atoms with Gasteiger partial charge in [0.2, 0.25) is 0 Å². The first-order chi connectivity index (χ1) is 12.0. The van der Waals surface area contributed by atoms with E-state index in [4.69, 9.17) is 21.1 Å². The topological polar surface area (TPSA) is 90.7 Å². The van der Waals surface area contributed by atoms with Crippen LogP contribution in [0.2, 0.25) is 5.02 Å². The number of rotatable bonds is 3. The molecule has 0 atom stereocenters. The molecule has 8 heteroatoms. The van der Waals surface area contributed by atoms with E-state index in [1.165, 1.54) is 18.2 Å². The molecule has 7 nitrogen and oxygen atoms in total. The molecule has 2 aromatic rings. The van der Waals surface area contributed by atoms with Gasteiger partial charge in [-0.1, -0.05) is 11.6 Å². The Morgan fingerprint density at radius 2 is 1.88 bits per heavy atom. The van der Waals surface area contributed by atoms with Crippen LogP contribution in [0.1, 0.15) is 22.3 Å². The van der Waals surface area contributed by atoms with Gasteiger partial charge in [0.15, 0.2) is 11.5 Å². The van der Waals surface area contributed by atoms with Gasteiger partial charge in [0.05, 0.1) is 28.8 Å². The van der Waals surface area contributed by atoms with Crippen molar-refractivity contribution in [2.24, 2.45) is 0 Å². The van der Waals surface area contributed by atoms with E-state index < -0.39 is 10.8 Å². The van der Waals surface area contributed by atoms with E-state index >= 15 is 0 Å². The third-order valence-electron chi connectivity index (χ3n) is 3.75. The Morgan fingerprint density at radius 3 is 2.52 bits per heavy atom. The van der Waals surface area contributed by atoms with Crippen molar-refractivity contribution in [1.82, 2.24) is 0 Å². The number of non-ortho nitro benzene ring substituents is 1. The van der Waals surface area contributed by atoms with E-state index in [0.29, 0.717) is 46.5 Å². The van der Waals surface area contributed by atoms with Crippen molar-refractivity contribution >= 4 is 28.9 Å². The van der Waals surface area contributed by atoms with Crippen molar-refractivity contribution in [1.29, 1.82) is 0 Å². The normalized spacial score (nSPS) is 13.0. The standard InChI is InChI=1S/C17H15ClN2O5/c1-10-7-11(20(22)23)3-4-12(10)17(21)19-14-9-16-15(8-13(14)18)24-5-2-6-25-16/h3-4,7-9H,2,5-6H2,1H3,(H,19,21). The summed E-state index contributed by atoms with van der Waals surface area (Å²) in [5, 5.41) is 13.8. The zero-order chi connectivity index (χ0) is 18.0. The Morgan fingerprint density at radius 1 is 1.20 bits per heavy atom. The molecule has 0 fully saturated rings. The summed E-state index contributed by atoms with van der Waals surface area (Å²) < 4.78 is 11.1. The van der Waals surface area contributed by atoms with E-state index in [2.05, 4.69) is 5.32 Å². The molecule has 1 aliphatic heterocycles. The molecule has 1 heterocycles. The molecule has 3 rings (SSSR count). The molecular weight excluding hydrogens is 348 g/mol. The fourth-order valence-electron chi connectivity index (χ4n) is 2.49. The summed E-state index contributed by atoms with van der Waals surface area (Å²) in [4.78, 5) is 22.8. The van der Waals surface area contributed by atoms with Gasteiger partial charge in [-0.15, -0.1) is 0 Å². The molecule has 0 radical (unpaired) electrons. The number of hydrogen-bond acceptors (Lipinski definition) is 5. The van der Waals surface area contributed by atoms with Gasteiger partial charge in [0, 0.05) is 36.2 Å². The number of nitro benzene ring substituents is 1. The number of nitrogens with one attached hydrogen (secondary N) is 1. The lowest BCUT2D eigenvalue weighted by Gasteiger charge is -2.13. The van der Waals surface area contributed by atoms with Crippen molar-refractivity contribution in [2.75, 3.05) is 18.5 Å². The Bertz CT molecular complexity index is 853. The first-order valence-electron chi connectivity index (χ1n) is 7.61. The molecule has 2 aromatic carbocycles. The number of hydrogen-bond donors (Lipinski definition) is 1. The van der Waals surface area contributed by atoms with Crippen molar-refractivity contribution in [3.8, 4) is 11.5 Å². The molecule has 0 spiro atoms. The molecule has 1 aliphatic rings. The molecular formula is C17H15ClN2O5. The van der Waals surface area contributed by atoms with Crippen LogP contribution in [-0.2, 0) is 0 Å². The molecule has 0 saturated heterocycles. The highest BCUT2D eigenvalue weighted by atomic mass is 35.5. The van der Waals surface area contributed by atoms with Crippen LogP contribution in [0.15, 0.2) is 30.3 Å². The predicted octanol–water partition coefficient (Wildman–Crippen LogP) is 3.97. The summed E-state index contributed by atoms with van der Waals surface area (Å²) in [6, 6.07) is 7.27. The molecule has 25 heavy (non-hydrogen) atoms. The maximum Gasteiger partial charge on any atom is 0.269 e. The Kier molecular flexibility index (Phi) is 4.76. The molecule has 0 saturated carbocycles. The number of ether oxygens (including phenoxy) is 2. The average Bonchev–Trinajstić information content (AvgIpc) is 2.79. The summed E-state index contributed by atoms with van der Waals surface area (Å²) in [6.07, 6.45) is 0.760. The first-order valence-corrected chi connectivity index (χ1v) is 7.99. The van der Waals surface area contributed by atoms with E-state index in [1.54, 1.807) is 19.1 Å². The van der Waals surface area contributed by atoms with E-state index in [9.17, 15) is 14.9 Å². The molecule has 0 aliphatic carbocycles. The van der Waals surface area contributed by atoms with Gasteiger partial charge < -0.3 is 14.8 Å². The Hall–Kier alpha value is -2.80. The monoisotopic (exact) mass is 362 g/mol. The number of nitrogens with zero attached hydrogens (tertiary/aromatic N) is 1. The molecule has 1 amide bonds. The second kappa shape index (κ2) is 6.98. The number of carbonyl (C=O) groups excluding carboxylic acids is 1. The third-order valence-corrected chi connectivity index (χ3v) is 4.06. The zero-order valence-electron chi connectivity index (χ0n) is 13.4. The fourth-order valence-corrected chi connectivity index (χ4v) is 2.69. The maximum atomic E-state index is 12.5. The number of amides is 1. The number of aryl methyl sites for hydroxylation is 1. The lowest BCUT2D eigenvalue weighted by atomic mass is 10.1. The summed E-state index contributed by atoms with van der Waals surface area (Å²) in [7, 11) is 0. The molecule has 0 aromatic heterocycles. The minimum Gasteiger partial charge on any atom is -0.490 e. The first kappa shape index (κ1) is 17.0. The molecule has 0 unspecified atom stereocenters.